The molecule has 0 fully saturated rings. The Morgan fingerprint density at radius 2 is 2.03 bits per heavy atom. The van der Waals surface area contributed by atoms with Gasteiger partial charge in [0.25, 0.3) is 5.56 Å². The van der Waals surface area contributed by atoms with E-state index in [4.69, 9.17) is 16.3 Å². The third-order valence-electron chi connectivity index (χ3n) is 4.48. The summed E-state index contributed by atoms with van der Waals surface area (Å²) in [4.78, 5) is 30.2. The molecule has 4 rings (SSSR count). The van der Waals surface area contributed by atoms with Crippen LogP contribution in [0.1, 0.15) is 5.56 Å². The molecule has 4 aromatic rings. The lowest BCUT2D eigenvalue weighted by molar-refractivity contribution is -0.113. The van der Waals surface area contributed by atoms with E-state index < -0.39 is 0 Å². The van der Waals surface area contributed by atoms with Gasteiger partial charge in [0.15, 0.2) is 5.16 Å². The van der Waals surface area contributed by atoms with Gasteiger partial charge in [0.1, 0.15) is 10.4 Å². The molecule has 0 spiro atoms. The van der Waals surface area contributed by atoms with E-state index in [2.05, 4.69) is 10.3 Å². The molecule has 1 amide bonds. The van der Waals surface area contributed by atoms with Gasteiger partial charge < -0.3 is 10.1 Å². The molecule has 1 N–H and O–H groups in total. The average Bonchev–Trinajstić information content (AvgIpc) is 3.24. The number of thiophene rings is 1. The second-order valence-corrected chi connectivity index (χ2v) is 8.86. The highest BCUT2D eigenvalue weighted by Crippen LogP contribution is 2.27. The second-order valence-electron chi connectivity index (χ2n) is 6.59. The number of amides is 1. The molecule has 2 heterocycles. The highest BCUT2D eigenvalue weighted by molar-refractivity contribution is 7.99. The highest BCUT2D eigenvalue weighted by Gasteiger charge is 2.15. The Morgan fingerprint density at radius 3 is 2.77 bits per heavy atom. The zero-order valence-electron chi connectivity index (χ0n) is 16.5. The summed E-state index contributed by atoms with van der Waals surface area (Å²) < 4.78 is 7.35. The Labute approximate surface area is 191 Å². The first-order chi connectivity index (χ1) is 15.0. The molecule has 0 radical (unpaired) electrons. The van der Waals surface area contributed by atoms with Crippen LogP contribution in [0, 0.1) is 0 Å². The molecule has 6 nitrogen and oxygen atoms in total. The van der Waals surface area contributed by atoms with Crippen molar-refractivity contribution in [1.29, 1.82) is 0 Å². The quantitative estimate of drug-likeness (QED) is 0.306. The number of anilines is 1. The van der Waals surface area contributed by atoms with E-state index in [-0.39, 0.29) is 17.2 Å². The Balaban J connectivity index is 1.54. The van der Waals surface area contributed by atoms with Crippen LogP contribution < -0.4 is 15.6 Å². The molecule has 0 saturated heterocycles. The summed E-state index contributed by atoms with van der Waals surface area (Å²) in [5.41, 5.74) is 2.10. The van der Waals surface area contributed by atoms with Crippen molar-refractivity contribution in [2.24, 2.45) is 0 Å². The monoisotopic (exact) mass is 471 g/mol. The van der Waals surface area contributed by atoms with Crippen LogP contribution in [0.15, 0.2) is 69.9 Å². The number of thioether (sulfide) groups is 1. The zero-order chi connectivity index (χ0) is 21.8. The fraction of sp³-hybridized carbons (Fsp3) is 0.136. The van der Waals surface area contributed by atoms with Crippen LogP contribution in [0.2, 0.25) is 5.02 Å². The SMILES string of the molecule is COc1ccc(NC(=O)CSc2nc3ccsc3c(=O)n2Cc2ccccc2)cc1Cl. The van der Waals surface area contributed by atoms with Crippen LogP contribution in [-0.4, -0.2) is 28.3 Å². The van der Waals surface area contributed by atoms with Crippen LogP contribution >= 0.6 is 34.7 Å². The summed E-state index contributed by atoms with van der Waals surface area (Å²) in [6.07, 6.45) is 0. The minimum Gasteiger partial charge on any atom is -0.495 e. The normalized spacial score (nSPS) is 10.9. The molecule has 0 saturated carbocycles. The van der Waals surface area contributed by atoms with E-state index in [0.717, 1.165) is 5.56 Å². The standard InChI is InChI=1S/C22H18ClN3O3S2/c1-29-18-8-7-15(11-16(18)23)24-19(27)13-31-22-25-17-9-10-30-20(17)21(28)26(22)12-14-5-3-2-4-6-14/h2-11H,12-13H2,1H3,(H,24,27). The largest absolute Gasteiger partial charge is 0.495 e. The average molecular weight is 472 g/mol. The lowest BCUT2D eigenvalue weighted by Gasteiger charge is -2.12. The van der Waals surface area contributed by atoms with Crippen molar-refractivity contribution in [2.45, 2.75) is 11.7 Å². The lowest BCUT2D eigenvalue weighted by atomic mass is 10.2. The van der Waals surface area contributed by atoms with Gasteiger partial charge in [-0.05, 0) is 35.2 Å². The summed E-state index contributed by atoms with van der Waals surface area (Å²) in [5.74, 6) is 0.407. The van der Waals surface area contributed by atoms with Crippen molar-refractivity contribution in [1.82, 2.24) is 9.55 Å². The number of fused-ring (bicyclic) bond motifs is 1. The molecule has 9 heteroatoms. The Hall–Kier alpha value is -2.81. The number of hydrogen-bond acceptors (Lipinski definition) is 6. The summed E-state index contributed by atoms with van der Waals surface area (Å²) in [6, 6.07) is 16.6. The third kappa shape index (κ3) is 4.92. The summed E-state index contributed by atoms with van der Waals surface area (Å²) in [5, 5.41) is 5.57. The lowest BCUT2D eigenvalue weighted by Crippen LogP contribution is -2.24. The second kappa shape index (κ2) is 9.55. The third-order valence-corrected chi connectivity index (χ3v) is 6.65. The Bertz CT molecular complexity index is 1290. The molecule has 158 valence electrons. The van der Waals surface area contributed by atoms with Gasteiger partial charge in [0, 0.05) is 5.69 Å². The van der Waals surface area contributed by atoms with Gasteiger partial charge in [-0.15, -0.1) is 11.3 Å². The number of rotatable bonds is 7. The number of halogens is 1. The van der Waals surface area contributed by atoms with Crippen LogP contribution in [0.25, 0.3) is 10.2 Å². The van der Waals surface area contributed by atoms with Crippen LogP contribution in [-0.2, 0) is 11.3 Å². The van der Waals surface area contributed by atoms with Crippen molar-refractivity contribution in [3.8, 4) is 5.75 Å². The maximum Gasteiger partial charge on any atom is 0.272 e. The van der Waals surface area contributed by atoms with Crippen molar-refractivity contribution in [3.05, 3.63) is 80.9 Å². The first-order valence-electron chi connectivity index (χ1n) is 9.33. The van der Waals surface area contributed by atoms with E-state index in [0.29, 0.717) is 38.4 Å². The molecule has 0 aliphatic heterocycles. The minimum atomic E-state index is -0.225. The van der Waals surface area contributed by atoms with Gasteiger partial charge in [-0.3, -0.25) is 14.2 Å². The van der Waals surface area contributed by atoms with E-state index in [1.807, 2.05) is 41.8 Å². The maximum absolute atomic E-state index is 13.0. The molecule has 0 aliphatic rings. The maximum atomic E-state index is 13.0. The number of methoxy groups -OCH3 is 1. The van der Waals surface area contributed by atoms with Gasteiger partial charge in [-0.25, -0.2) is 4.98 Å². The first kappa shape index (κ1) is 21.4. The molecule has 0 aliphatic carbocycles. The molecular weight excluding hydrogens is 454 g/mol. The van der Waals surface area contributed by atoms with Gasteiger partial charge in [0.2, 0.25) is 5.91 Å². The Kier molecular flexibility index (Phi) is 6.60. The van der Waals surface area contributed by atoms with Crippen LogP contribution in [0.5, 0.6) is 5.75 Å². The van der Waals surface area contributed by atoms with Gasteiger partial charge in [-0.1, -0.05) is 53.7 Å². The fourth-order valence-corrected chi connectivity index (χ4v) is 4.85. The summed E-state index contributed by atoms with van der Waals surface area (Å²) >= 11 is 8.71. The molecule has 2 aromatic carbocycles. The van der Waals surface area contributed by atoms with Crippen LogP contribution in [0.4, 0.5) is 5.69 Å². The number of ether oxygens (including phenoxy) is 1. The smallest absolute Gasteiger partial charge is 0.272 e. The predicted octanol–water partition coefficient (Wildman–Crippen LogP) is 4.90. The van der Waals surface area contributed by atoms with E-state index in [1.165, 1.54) is 30.2 Å². The first-order valence-corrected chi connectivity index (χ1v) is 11.6. The van der Waals surface area contributed by atoms with Crippen molar-refractivity contribution in [3.63, 3.8) is 0 Å². The molecular formula is C22H18ClN3O3S2. The molecule has 0 unspecified atom stereocenters. The molecule has 0 bridgehead atoms. The van der Waals surface area contributed by atoms with Gasteiger partial charge in [-0.2, -0.15) is 0 Å². The summed E-state index contributed by atoms with van der Waals surface area (Å²) in [6.45, 7) is 0.387. The predicted molar refractivity (Wildman–Crippen MR) is 127 cm³/mol. The van der Waals surface area contributed by atoms with Crippen molar-refractivity contribution < 1.29 is 9.53 Å². The minimum absolute atomic E-state index is 0.0977. The number of carbonyl (C=O) groups is 1. The van der Waals surface area contributed by atoms with Gasteiger partial charge in [0.05, 0.1) is 29.9 Å². The number of nitrogens with one attached hydrogen (secondary N) is 1. The molecule has 0 atom stereocenters. The zero-order valence-corrected chi connectivity index (χ0v) is 18.9. The molecule has 2 aromatic heterocycles. The highest BCUT2D eigenvalue weighted by atomic mass is 35.5. The number of aromatic nitrogens is 2. The van der Waals surface area contributed by atoms with Crippen LogP contribution in [0.3, 0.4) is 0 Å². The number of benzene rings is 2. The van der Waals surface area contributed by atoms with Gasteiger partial charge >= 0.3 is 0 Å². The van der Waals surface area contributed by atoms with Crippen molar-refractivity contribution >= 4 is 56.5 Å². The number of nitrogens with zero attached hydrogens (tertiary/aromatic N) is 2. The van der Waals surface area contributed by atoms with E-state index in [9.17, 15) is 9.59 Å². The number of hydrogen-bond donors (Lipinski definition) is 1. The van der Waals surface area contributed by atoms with E-state index >= 15 is 0 Å². The summed E-state index contributed by atoms with van der Waals surface area (Å²) in [7, 11) is 1.53. The fourth-order valence-electron chi connectivity index (χ4n) is 3.01. The van der Waals surface area contributed by atoms with E-state index in [1.54, 1.807) is 22.8 Å². The Morgan fingerprint density at radius 1 is 1.23 bits per heavy atom. The van der Waals surface area contributed by atoms with Crippen molar-refractivity contribution in [2.75, 3.05) is 18.2 Å². The topological polar surface area (TPSA) is 73.2 Å². The number of carbonyl (C=O) groups excluding carboxylic acids is 1. The molecule has 31 heavy (non-hydrogen) atoms.